The first-order valence-corrected chi connectivity index (χ1v) is 14.2. The Hall–Kier alpha value is -1.49. The van der Waals surface area contributed by atoms with Crippen molar-refractivity contribution in [2.45, 2.75) is 94.9 Å². The summed E-state index contributed by atoms with van der Waals surface area (Å²) in [6.45, 7) is 4.82. The normalized spacial score (nSPS) is 40.4. The van der Waals surface area contributed by atoms with E-state index in [1.54, 1.807) is 5.57 Å². The minimum Gasteiger partial charge on any atom is -0.385 e. The number of hydrogen-bond acceptors (Lipinski definition) is 4. The van der Waals surface area contributed by atoms with Crippen LogP contribution in [0.4, 0.5) is 0 Å². The summed E-state index contributed by atoms with van der Waals surface area (Å²) >= 11 is 0. The number of pyridine rings is 1. The summed E-state index contributed by atoms with van der Waals surface area (Å²) in [7, 11) is 0. The van der Waals surface area contributed by atoms with E-state index >= 15 is 0 Å². The van der Waals surface area contributed by atoms with Crippen LogP contribution in [0.25, 0.3) is 0 Å². The fraction of sp³-hybridized carbons (Fsp3) is 0.700. The van der Waals surface area contributed by atoms with Crippen molar-refractivity contribution in [1.29, 1.82) is 0 Å². The Morgan fingerprint density at radius 3 is 2.79 bits per heavy atom. The predicted molar refractivity (Wildman–Crippen MR) is 135 cm³/mol. The van der Waals surface area contributed by atoms with Crippen LogP contribution in [0.3, 0.4) is 0 Å². The topological polar surface area (TPSA) is 39.6 Å². The van der Waals surface area contributed by atoms with Crippen LogP contribution in [0.1, 0.15) is 75.3 Å². The van der Waals surface area contributed by atoms with Gasteiger partial charge >= 0.3 is 0 Å². The van der Waals surface area contributed by atoms with Gasteiger partial charge in [0, 0.05) is 37.6 Å². The van der Waals surface area contributed by atoms with E-state index in [9.17, 15) is 5.11 Å². The molecule has 1 aromatic rings. The van der Waals surface area contributed by atoms with Crippen molar-refractivity contribution in [3.63, 3.8) is 0 Å². The van der Waals surface area contributed by atoms with Crippen molar-refractivity contribution in [3.05, 3.63) is 52.9 Å². The highest BCUT2D eigenvalue weighted by Crippen LogP contribution is 2.54. The number of hydrogen-bond donors (Lipinski definition) is 1. The lowest BCUT2D eigenvalue weighted by atomic mass is 9.67. The van der Waals surface area contributed by atoms with E-state index in [0.717, 1.165) is 38.4 Å². The Kier molecular flexibility index (Phi) is 5.48. The molecule has 1 saturated heterocycles. The molecule has 6 atom stereocenters. The molecular weight excluding hydrogens is 418 g/mol. The summed E-state index contributed by atoms with van der Waals surface area (Å²) in [4.78, 5) is 9.90. The molecule has 0 radical (unpaired) electrons. The molecule has 1 aromatic heterocycles. The van der Waals surface area contributed by atoms with Gasteiger partial charge in [-0.05, 0) is 124 Å². The first-order chi connectivity index (χ1) is 16.7. The monoisotopic (exact) mass is 459 g/mol. The second kappa shape index (κ2) is 8.57. The van der Waals surface area contributed by atoms with Gasteiger partial charge in [0.25, 0.3) is 0 Å². The number of aliphatic hydroxyl groups is 1. The standard InChI is InChI=1S/C30H41N3O/c34-30-12-9-23-18-26(32-14-1-2-15-32)5-3-22(23)17-25(30)4-6-27-28(30)7-8-29(27)33-16-11-21-10-13-31-19-24(21)20-33/h4,10,13,17,19,23,26-29,34H,1-3,5-9,11-12,14-16,18,20H2/t23?,26?,27?,28?,29?,30-/m1/s1. The van der Waals surface area contributed by atoms with Gasteiger partial charge in [0.15, 0.2) is 0 Å². The van der Waals surface area contributed by atoms with Crippen LogP contribution in [0.15, 0.2) is 41.8 Å². The van der Waals surface area contributed by atoms with Crippen LogP contribution in [-0.4, -0.2) is 57.2 Å². The molecule has 34 heavy (non-hydrogen) atoms. The molecule has 0 amide bonds. The lowest BCUT2D eigenvalue weighted by Crippen LogP contribution is -2.49. The summed E-state index contributed by atoms with van der Waals surface area (Å²) in [6.07, 6.45) is 22.5. The van der Waals surface area contributed by atoms with Crippen LogP contribution in [-0.2, 0) is 13.0 Å². The van der Waals surface area contributed by atoms with Gasteiger partial charge in [-0.15, -0.1) is 0 Å². The summed E-state index contributed by atoms with van der Waals surface area (Å²) in [5, 5.41) is 12.3. The van der Waals surface area contributed by atoms with Crippen LogP contribution in [0, 0.1) is 17.8 Å². The molecule has 182 valence electrons. The Morgan fingerprint density at radius 2 is 1.88 bits per heavy atom. The van der Waals surface area contributed by atoms with Crippen molar-refractivity contribution in [2.24, 2.45) is 17.8 Å². The molecular formula is C30H41N3O. The second-order valence-corrected chi connectivity index (χ2v) is 12.2. The van der Waals surface area contributed by atoms with Crippen LogP contribution in [0.2, 0.25) is 0 Å². The lowest BCUT2D eigenvalue weighted by molar-refractivity contribution is -0.0251. The highest BCUT2D eigenvalue weighted by atomic mass is 16.3. The third kappa shape index (κ3) is 3.55. The quantitative estimate of drug-likeness (QED) is 0.684. The van der Waals surface area contributed by atoms with Crippen molar-refractivity contribution >= 4 is 0 Å². The molecule has 4 nitrogen and oxygen atoms in total. The molecule has 0 bridgehead atoms. The Labute approximate surface area is 205 Å². The molecule has 0 spiro atoms. The Morgan fingerprint density at radius 1 is 0.971 bits per heavy atom. The zero-order chi connectivity index (χ0) is 22.7. The predicted octanol–water partition coefficient (Wildman–Crippen LogP) is 4.88. The maximum Gasteiger partial charge on any atom is 0.0925 e. The van der Waals surface area contributed by atoms with Gasteiger partial charge in [-0.1, -0.05) is 17.7 Å². The Bertz CT molecular complexity index is 995. The Balaban J connectivity index is 1.09. The number of allylic oxidation sites excluding steroid dienone is 2. The first-order valence-electron chi connectivity index (χ1n) is 14.2. The highest BCUT2D eigenvalue weighted by Gasteiger charge is 2.53. The maximum absolute atomic E-state index is 12.3. The number of fused-ring (bicyclic) bond motifs is 5. The van der Waals surface area contributed by atoms with E-state index in [-0.39, 0.29) is 0 Å². The average molecular weight is 460 g/mol. The molecule has 3 heterocycles. The molecule has 3 fully saturated rings. The van der Waals surface area contributed by atoms with Gasteiger partial charge < -0.3 is 10.0 Å². The third-order valence-electron chi connectivity index (χ3n) is 10.7. The first kappa shape index (κ1) is 21.8. The van der Waals surface area contributed by atoms with Crippen LogP contribution in [0.5, 0.6) is 0 Å². The van der Waals surface area contributed by atoms with Gasteiger partial charge in [-0.2, -0.15) is 0 Å². The van der Waals surface area contributed by atoms with E-state index in [2.05, 4.69) is 39.2 Å². The van der Waals surface area contributed by atoms with E-state index in [4.69, 9.17) is 0 Å². The third-order valence-corrected chi connectivity index (χ3v) is 10.7. The highest BCUT2D eigenvalue weighted by molar-refractivity contribution is 5.39. The number of nitrogens with zero attached hydrogens (tertiary/aromatic N) is 3. The molecule has 4 heteroatoms. The molecule has 0 aromatic carbocycles. The number of rotatable bonds is 2. The molecule has 7 rings (SSSR count). The van der Waals surface area contributed by atoms with E-state index in [1.165, 1.54) is 81.2 Å². The van der Waals surface area contributed by atoms with E-state index < -0.39 is 5.60 Å². The van der Waals surface area contributed by atoms with Gasteiger partial charge in [0.1, 0.15) is 0 Å². The minimum atomic E-state index is -0.597. The summed E-state index contributed by atoms with van der Waals surface area (Å²) in [5.41, 5.74) is 5.25. The number of likely N-dealkylation sites (tertiary alicyclic amines) is 1. The van der Waals surface area contributed by atoms with Crippen molar-refractivity contribution in [3.8, 4) is 0 Å². The van der Waals surface area contributed by atoms with Gasteiger partial charge in [0.2, 0.25) is 0 Å². The number of aromatic nitrogens is 1. The van der Waals surface area contributed by atoms with E-state index in [1.807, 2.05) is 6.20 Å². The second-order valence-electron chi connectivity index (χ2n) is 12.2. The SMILES string of the molecule is O[C@]12CCC3CC(N4CCCC4)CCC3=CC1=CCC1C(N3CCc4ccncc4C3)CCC12. The molecule has 4 aliphatic carbocycles. The zero-order valence-electron chi connectivity index (χ0n) is 20.7. The van der Waals surface area contributed by atoms with Gasteiger partial charge in [-0.3, -0.25) is 9.88 Å². The van der Waals surface area contributed by atoms with Gasteiger partial charge in [-0.25, -0.2) is 0 Å². The van der Waals surface area contributed by atoms with Crippen LogP contribution >= 0.6 is 0 Å². The fourth-order valence-electron chi connectivity index (χ4n) is 8.93. The fourth-order valence-corrected chi connectivity index (χ4v) is 8.93. The summed E-state index contributed by atoms with van der Waals surface area (Å²) < 4.78 is 0. The average Bonchev–Trinajstić information content (AvgIpc) is 3.53. The molecule has 1 N–H and O–H groups in total. The molecule has 2 aliphatic heterocycles. The largest absolute Gasteiger partial charge is 0.385 e. The summed E-state index contributed by atoms with van der Waals surface area (Å²) in [6, 6.07) is 3.60. The van der Waals surface area contributed by atoms with Crippen molar-refractivity contribution < 1.29 is 5.11 Å². The molecule has 5 unspecified atom stereocenters. The summed E-state index contributed by atoms with van der Waals surface area (Å²) in [5.74, 6) is 1.72. The maximum atomic E-state index is 12.3. The van der Waals surface area contributed by atoms with Crippen molar-refractivity contribution in [1.82, 2.24) is 14.8 Å². The minimum absolute atomic E-state index is 0.430. The molecule has 6 aliphatic rings. The molecule has 2 saturated carbocycles. The lowest BCUT2D eigenvalue weighted by Gasteiger charge is -2.45. The smallest absolute Gasteiger partial charge is 0.0925 e. The van der Waals surface area contributed by atoms with Crippen molar-refractivity contribution in [2.75, 3.05) is 19.6 Å². The van der Waals surface area contributed by atoms with E-state index in [0.29, 0.717) is 23.8 Å². The van der Waals surface area contributed by atoms with Gasteiger partial charge in [0.05, 0.1) is 5.60 Å². The zero-order valence-corrected chi connectivity index (χ0v) is 20.7. The van der Waals surface area contributed by atoms with Crippen LogP contribution < -0.4 is 0 Å².